The number of nitrogens with two attached hydrogens (primary N) is 1. The minimum atomic E-state index is -0.0707. The van der Waals surface area contributed by atoms with E-state index in [9.17, 15) is 4.79 Å². The average Bonchev–Trinajstić information content (AvgIpc) is 2.46. The molecule has 1 aromatic heterocycles. The lowest BCUT2D eigenvalue weighted by Crippen LogP contribution is -2.53. The number of nitrogens with zero attached hydrogens (tertiary/aromatic N) is 4. The van der Waals surface area contributed by atoms with Crippen LogP contribution in [-0.4, -0.2) is 57.9 Å². The molecule has 2 rings (SSSR count). The minimum Gasteiger partial charge on any atom is -0.334 e. The third kappa shape index (κ3) is 2.99. The summed E-state index contributed by atoms with van der Waals surface area (Å²) in [5.41, 5.74) is 2.75. The molecule has 1 amide bonds. The molecule has 2 heterocycles. The highest BCUT2D eigenvalue weighted by molar-refractivity contribution is 5.92. The topological polar surface area (TPSA) is 87.4 Å². The molecule has 0 aliphatic carbocycles. The summed E-state index contributed by atoms with van der Waals surface area (Å²) in [4.78, 5) is 24.6. The second-order valence-electron chi connectivity index (χ2n) is 4.66. The molecule has 104 valence electrons. The third-order valence-electron chi connectivity index (χ3n) is 3.48. The number of anilines is 1. The Bertz CT molecular complexity index is 434. The molecule has 1 aliphatic heterocycles. The SMILES string of the molecule is CCN1CCN(C(=O)c2cnc(NN)cn2)CC1C. The number of nitrogen functional groups attached to an aromatic ring is 1. The molecule has 0 radical (unpaired) electrons. The van der Waals surface area contributed by atoms with Gasteiger partial charge in [-0.05, 0) is 13.5 Å². The van der Waals surface area contributed by atoms with E-state index in [1.54, 1.807) is 0 Å². The summed E-state index contributed by atoms with van der Waals surface area (Å²) in [6.07, 6.45) is 2.91. The zero-order valence-electron chi connectivity index (χ0n) is 11.3. The van der Waals surface area contributed by atoms with Gasteiger partial charge in [0.1, 0.15) is 5.69 Å². The normalized spacial score (nSPS) is 20.4. The van der Waals surface area contributed by atoms with Gasteiger partial charge in [0, 0.05) is 25.7 Å². The molecule has 0 bridgehead atoms. The van der Waals surface area contributed by atoms with Crippen LogP contribution in [0.3, 0.4) is 0 Å². The van der Waals surface area contributed by atoms with Gasteiger partial charge < -0.3 is 10.3 Å². The van der Waals surface area contributed by atoms with Crippen LogP contribution in [0.5, 0.6) is 0 Å². The molecule has 1 fully saturated rings. The maximum absolute atomic E-state index is 12.3. The number of aromatic nitrogens is 2. The van der Waals surface area contributed by atoms with Gasteiger partial charge in [-0.15, -0.1) is 0 Å². The van der Waals surface area contributed by atoms with Gasteiger partial charge in [0.25, 0.3) is 5.91 Å². The molecule has 7 nitrogen and oxygen atoms in total. The van der Waals surface area contributed by atoms with Gasteiger partial charge >= 0.3 is 0 Å². The summed E-state index contributed by atoms with van der Waals surface area (Å²) in [5, 5.41) is 0. The van der Waals surface area contributed by atoms with E-state index in [0.717, 1.165) is 26.2 Å². The molecule has 19 heavy (non-hydrogen) atoms. The molecule has 0 saturated carbocycles. The maximum atomic E-state index is 12.3. The van der Waals surface area contributed by atoms with Crippen LogP contribution in [0.1, 0.15) is 24.3 Å². The Balaban J connectivity index is 2.03. The number of rotatable bonds is 3. The van der Waals surface area contributed by atoms with Crippen LogP contribution in [0.2, 0.25) is 0 Å². The highest BCUT2D eigenvalue weighted by Gasteiger charge is 2.26. The van der Waals surface area contributed by atoms with Crippen molar-refractivity contribution in [2.45, 2.75) is 19.9 Å². The van der Waals surface area contributed by atoms with Gasteiger partial charge in [0.2, 0.25) is 0 Å². The second-order valence-corrected chi connectivity index (χ2v) is 4.66. The van der Waals surface area contributed by atoms with Crippen molar-refractivity contribution in [2.24, 2.45) is 5.84 Å². The Labute approximate surface area is 112 Å². The van der Waals surface area contributed by atoms with Crippen molar-refractivity contribution in [3.05, 3.63) is 18.1 Å². The number of carbonyl (C=O) groups excluding carboxylic acids is 1. The van der Waals surface area contributed by atoms with Crippen molar-refractivity contribution >= 4 is 11.7 Å². The first-order valence-corrected chi connectivity index (χ1v) is 6.47. The van der Waals surface area contributed by atoms with Crippen molar-refractivity contribution in [1.82, 2.24) is 19.8 Å². The summed E-state index contributed by atoms with van der Waals surface area (Å²) in [5.74, 6) is 5.59. The monoisotopic (exact) mass is 264 g/mol. The molecule has 1 aliphatic rings. The number of hydrogen-bond acceptors (Lipinski definition) is 6. The average molecular weight is 264 g/mol. The molecular formula is C12H20N6O. The van der Waals surface area contributed by atoms with E-state index in [-0.39, 0.29) is 5.91 Å². The van der Waals surface area contributed by atoms with Crippen LogP contribution < -0.4 is 11.3 Å². The molecule has 3 N–H and O–H groups in total. The number of nitrogens with one attached hydrogen (secondary N) is 1. The van der Waals surface area contributed by atoms with E-state index < -0.39 is 0 Å². The number of amides is 1. The number of carbonyl (C=O) groups is 1. The lowest BCUT2D eigenvalue weighted by molar-refractivity contribution is 0.0522. The fourth-order valence-electron chi connectivity index (χ4n) is 2.32. The Hall–Kier alpha value is -1.73. The smallest absolute Gasteiger partial charge is 0.274 e. The number of piperazine rings is 1. The van der Waals surface area contributed by atoms with Crippen molar-refractivity contribution < 1.29 is 4.79 Å². The molecular weight excluding hydrogens is 244 g/mol. The van der Waals surface area contributed by atoms with Crippen molar-refractivity contribution in [3.8, 4) is 0 Å². The van der Waals surface area contributed by atoms with Gasteiger partial charge in [-0.1, -0.05) is 6.92 Å². The highest BCUT2D eigenvalue weighted by atomic mass is 16.2. The van der Waals surface area contributed by atoms with Crippen LogP contribution in [0.15, 0.2) is 12.4 Å². The molecule has 1 atom stereocenters. The fourth-order valence-corrected chi connectivity index (χ4v) is 2.32. The van der Waals surface area contributed by atoms with E-state index in [1.807, 2.05) is 4.90 Å². The summed E-state index contributed by atoms with van der Waals surface area (Å²) < 4.78 is 0. The first kappa shape index (κ1) is 13.7. The zero-order valence-corrected chi connectivity index (χ0v) is 11.3. The van der Waals surface area contributed by atoms with Crippen LogP contribution in [-0.2, 0) is 0 Å². The molecule has 0 spiro atoms. The van der Waals surface area contributed by atoms with Gasteiger partial charge in [-0.2, -0.15) is 0 Å². The fraction of sp³-hybridized carbons (Fsp3) is 0.583. The van der Waals surface area contributed by atoms with E-state index in [1.165, 1.54) is 12.4 Å². The molecule has 0 aromatic carbocycles. The quantitative estimate of drug-likeness (QED) is 0.587. The maximum Gasteiger partial charge on any atom is 0.274 e. The highest BCUT2D eigenvalue weighted by Crippen LogP contribution is 2.12. The van der Waals surface area contributed by atoms with E-state index in [4.69, 9.17) is 5.84 Å². The first-order valence-electron chi connectivity index (χ1n) is 6.47. The Morgan fingerprint density at radius 2 is 2.26 bits per heavy atom. The molecule has 7 heteroatoms. The van der Waals surface area contributed by atoms with Crippen LogP contribution in [0, 0.1) is 0 Å². The van der Waals surface area contributed by atoms with Gasteiger partial charge in [0.15, 0.2) is 5.82 Å². The summed E-state index contributed by atoms with van der Waals surface area (Å²) >= 11 is 0. The number of likely N-dealkylation sites (N-methyl/N-ethyl adjacent to an activating group) is 1. The Morgan fingerprint density at radius 1 is 1.47 bits per heavy atom. The number of hydrogen-bond donors (Lipinski definition) is 2. The Morgan fingerprint density at radius 3 is 2.79 bits per heavy atom. The van der Waals surface area contributed by atoms with Gasteiger partial charge in [-0.25, -0.2) is 15.8 Å². The van der Waals surface area contributed by atoms with Crippen LogP contribution >= 0.6 is 0 Å². The summed E-state index contributed by atoms with van der Waals surface area (Å²) in [6.45, 7) is 7.65. The molecule has 1 saturated heterocycles. The lowest BCUT2D eigenvalue weighted by Gasteiger charge is -2.39. The van der Waals surface area contributed by atoms with E-state index in [2.05, 4.69) is 34.1 Å². The molecule has 1 aromatic rings. The molecule has 1 unspecified atom stereocenters. The van der Waals surface area contributed by atoms with Crippen molar-refractivity contribution in [2.75, 3.05) is 31.6 Å². The van der Waals surface area contributed by atoms with Crippen LogP contribution in [0.25, 0.3) is 0 Å². The Kier molecular flexibility index (Phi) is 4.28. The van der Waals surface area contributed by atoms with Crippen LogP contribution in [0.4, 0.5) is 5.82 Å². The largest absolute Gasteiger partial charge is 0.334 e. The second kappa shape index (κ2) is 5.94. The third-order valence-corrected chi connectivity index (χ3v) is 3.48. The summed E-state index contributed by atoms with van der Waals surface area (Å²) in [7, 11) is 0. The minimum absolute atomic E-state index is 0.0707. The van der Waals surface area contributed by atoms with Gasteiger partial charge in [0.05, 0.1) is 12.4 Å². The van der Waals surface area contributed by atoms with Gasteiger partial charge in [-0.3, -0.25) is 9.69 Å². The van der Waals surface area contributed by atoms with E-state index in [0.29, 0.717) is 17.6 Å². The van der Waals surface area contributed by atoms with Crippen molar-refractivity contribution in [1.29, 1.82) is 0 Å². The predicted octanol–water partition coefficient (Wildman–Crippen LogP) is -0.0716. The standard InChI is InChI=1S/C12H20N6O/c1-3-17-4-5-18(8-9(17)2)12(19)10-6-15-11(16-13)7-14-10/h6-7,9H,3-5,8,13H2,1-2H3,(H,15,16). The predicted molar refractivity (Wildman–Crippen MR) is 72.5 cm³/mol. The zero-order chi connectivity index (χ0) is 13.8. The lowest BCUT2D eigenvalue weighted by atomic mass is 10.2. The summed E-state index contributed by atoms with van der Waals surface area (Å²) in [6, 6.07) is 0.376. The van der Waals surface area contributed by atoms with Crippen molar-refractivity contribution in [3.63, 3.8) is 0 Å². The first-order chi connectivity index (χ1) is 9.15. The van der Waals surface area contributed by atoms with E-state index >= 15 is 0 Å². The number of hydrazine groups is 1.